The Morgan fingerprint density at radius 2 is 0.558 bits per heavy atom. The Bertz CT molecular complexity index is 4940. The molecule has 0 saturated heterocycles. The van der Waals surface area contributed by atoms with Crippen LogP contribution in [0.2, 0.25) is 0 Å². The van der Waals surface area contributed by atoms with Crippen molar-refractivity contribution in [1.29, 1.82) is 0 Å². The van der Waals surface area contributed by atoms with Gasteiger partial charge in [-0.1, -0.05) is 231 Å². The van der Waals surface area contributed by atoms with Crippen LogP contribution in [0.5, 0.6) is 0 Å². The largest absolute Gasteiger partial charge is 0.310 e. The average molecular weight is 1130 g/mol. The van der Waals surface area contributed by atoms with Crippen molar-refractivity contribution in [2.45, 2.75) is 13.8 Å². The molecule has 0 spiro atoms. The number of thiophene rings is 2. The molecular formula is C82H56N2S2. The second kappa shape index (κ2) is 21.4. The molecule has 0 N–H and O–H groups in total. The van der Waals surface area contributed by atoms with E-state index in [9.17, 15) is 0 Å². The lowest BCUT2D eigenvalue weighted by molar-refractivity contribution is 1.25. The summed E-state index contributed by atoms with van der Waals surface area (Å²) in [4.78, 5) is 4.95. The van der Waals surface area contributed by atoms with E-state index in [4.69, 9.17) is 0 Å². The van der Waals surface area contributed by atoms with Gasteiger partial charge in [0.25, 0.3) is 0 Å². The Balaban J connectivity index is 0.814. The fourth-order valence-corrected chi connectivity index (χ4v) is 15.7. The molecule has 0 saturated carbocycles. The number of rotatable bonds is 11. The molecule has 0 aliphatic heterocycles. The summed E-state index contributed by atoms with van der Waals surface area (Å²) in [5.74, 6) is 0. The SMILES string of the molecule is Cc1cc(-c2ccc(N(c3ccc(-c4cccc5ccccc45)cc3)c3ccccc3-c3cccc4c3sc3ccccc34)c(C)c2)ccc1N(c1ccc(-c2cccc3ccccc23)cc1)c1ccccc1-c1cccc2c1sc1ccccc12. The fourth-order valence-electron chi connectivity index (χ4n) is 13.2. The number of anilines is 6. The minimum Gasteiger partial charge on any atom is -0.310 e. The molecule has 2 heterocycles. The molecule has 4 heteroatoms. The highest BCUT2D eigenvalue weighted by Crippen LogP contribution is 2.50. The van der Waals surface area contributed by atoms with Crippen LogP contribution in [0, 0.1) is 13.8 Å². The molecule has 86 heavy (non-hydrogen) atoms. The maximum Gasteiger partial charge on any atom is 0.0540 e. The van der Waals surface area contributed by atoms with Crippen molar-refractivity contribution in [2.24, 2.45) is 0 Å². The Hall–Kier alpha value is -10.4. The van der Waals surface area contributed by atoms with Gasteiger partial charge in [-0.15, -0.1) is 22.7 Å². The first kappa shape index (κ1) is 51.3. The first-order chi connectivity index (χ1) is 42.5. The Morgan fingerprint density at radius 3 is 1.00 bits per heavy atom. The van der Waals surface area contributed by atoms with Crippen molar-refractivity contribution in [3.8, 4) is 55.6 Å². The zero-order valence-corrected chi connectivity index (χ0v) is 49.2. The summed E-state index contributed by atoms with van der Waals surface area (Å²) in [6.45, 7) is 4.54. The molecule has 0 unspecified atom stereocenters. The predicted molar refractivity (Wildman–Crippen MR) is 373 cm³/mol. The summed E-state index contributed by atoms with van der Waals surface area (Å²) in [5, 5.41) is 10.2. The highest BCUT2D eigenvalue weighted by Gasteiger charge is 2.24. The molecule has 0 amide bonds. The zero-order chi connectivity index (χ0) is 57.2. The molecule has 0 aliphatic carbocycles. The molecule has 2 aromatic heterocycles. The lowest BCUT2D eigenvalue weighted by Gasteiger charge is -2.30. The average Bonchev–Trinajstić information content (AvgIpc) is 2.81. The van der Waals surface area contributed by atoms with E-state index in [2.05, 4.69) is 327 Å². The lowest BCUT2D eigenvalue weighted by Crippen LogP contribution is -2.13. The van der Waals surface area contributed by atoms with Crippen molar-refractivity contribution in [3.05, 3.63) is 314 Å². The van der Waals surface area contributed by atoms with Crippen molar-refractivity contribution in [2.75, 3.05) is 9.80 Å². The van der Waals surface area contributed by atoms with E-state index in [0.29, 0.717) is 0 Å². The van der Waals surface area contributed by atoms with Gasteiger partial charge < -0.3 is 9.80 Å². The number of hydrogen-bond acceptors (Lipinski definition) is 4. The molecule has 16 rings (SSSR count). The second-order valence-corrected chi connectivity index (χ2v) is 24.5. The number of fused-ring (bicyclic) bond motifs is 8. The van der Waals surface area contributed by atoms with Gasteiger partial charge in [0.05, 0.1) is 11.4 Å². The first-order valence-electron chi connectivity index (χ1n) is 29.5. The van der Waals surface area contributed by atoms with Gasteiger partial charge >= 0.3 is 0 Å². The normalized spacial score (nSPS) is 11.6. The molecule has 0 aliphatic rings. The quantitative estimate of drug-likeness (QED) is 0.127. The van der Waals surface area contributed by atoms with Crippen LogP contribution in [-0.4, -0.2) is 0 Å². The second-order valence-electron chi connectivity index (χ2n) is 22.4. The van der Waals surface area contributed by atoms with Crippen molar-refractivity contribution in [1.82, 2.24) is 0 Å². The lowest BCUT2D eigenvalue weighted by atomic mass is 9.95. The van der Waals surface area contributed by atoms with E-state index >= 15 is 0 Å². The van der Waals surface area contributed by atoms with E-state index < -0.39 is 0 Å². The number of aryl methyl sites for hydroxylation is 2. The maximum atomic E-state index is 2.47. The van der Waals surface area contributed by atoms with Gasteiger partial charge in [0, 0.05) is 85.3 Å². The minimum absolute atomic E-state index is 1.09. The van der Waals surface area contributed by atoms with Crippen LogP contribution in [0.4, 0.5) is 34.1 Å². The topological polar surface area (TPSA) is 6.48 Å². The third-order valence-electron chi connectivity index (χ3n) is 17.3. The number of hydrogen-bond donors (Lipinski definition) is 0. The Labute approximate surface area is 509 Å². The minimum atomic E-state index is 1.09. The summed E-state index contributed by atoms with van der Waals surface area (Å²) < 4.78 is 5.19. The highest BCUT2D eigenvalue weighted by molar-refractivity contribution is 7.26. The number of nitrogens with zero attached hydrogens (tertiary/aromatic N) is 2. The van der Waals surface area contributed by atoms with Gasteiger partial charge in [0.15, 0.2) is 0 Å². The van der Waals surface area contributed by atoms with Crippen molar-refractivity contribution >= 4 is 119 Å². The molecule has 406 valence electrons. The molecule has 0 fully saturated rings. The van der Waals surface area contributed by atoms with Crippen molar-refractivity contribution in [3.63, 3.8) is 0 Å². The molecule has 0 atom stereocenters. The summed E-state index contributed by atoms with van der Waals surface area (Å²) in [7, 11) is 0. The van der Waals surface area contributed by atoms with E-state index in [0.717, 1.165) is 34.1 Å². The molecule has 0 bridgehead atoms. The maximum absolute atomic E-state index is 2.47. The molecule has 2 nitrogen and oxygen atoms in total. The summed E-state index contributed by atoms with van der Waals surface area (Å²) >= 11 is 3.76. The van der Waals surface area contributed by atoms with Gasteiger partial charge in [-0.05, 0) is 153 Å². The molecular weight excluding hydrogens is 1080 g/mol. The van der Waals surface area contributed by atoms with Crippen LogP contribution in [-0.2, 0) is 0 Å². The van der Waals surface area contributed by atoms with E-state index in [-0.39, 0.29) is 0 Å². The van der Waals surface area contributed by atoms with Crippen LogP contribution in [0.25, 0.3) is 118 Å². The van der Waals surface area contributed by atoms with Gasteiger partial charge in [0.2, 0.25) is 0 Å². The molecule has 16 aromatic rings. The number of para-hydroxylation sites is 2. The number of benzene rings is 14. The van der Waals surface area contributed by atoms with Gasteiger partial charge in [-0.3, -0.25) is 0 Å². The van der Waals surface area contributed by atoms with Crippen LogP contribution in [0.15, 0.2) is 303 Å². The zero-order valence-electron chi connectivity index (χ0n) is 47.6. The Morgan fingerprint density at radius 1 is 0.233 bits per heavy atom. The van der Waals surface area contributed by atoms with Crippen LogP contribution in [0.1, 0.15) is 11.1 Å². The highest BCUT2D eigenvalue weighted by atomic mass is 32.1. The first-order valence-corrected chi connectivity index (χ1v) is 31.1. The van der Waals surface area contributed by atoms with Gasteiger partial charge in [-0.2, -0.15) is 0 Å². The van der Waals surface area contributed by atoms with Crippen LogP contribution < -0.4 is 9.80 Å². The summed E-state index contributed by atoms with van der Waals surface area (Å²) in [5.41, 5.74) is 21.0. The Kier molecular flexibility index (Phi) is 12.7. The molecule has 0 radical (unpaired) electrons. The molecule has 14 aromatic carbocycles. The van der Waals surface area contributed by atoms with Crippen LogP contribution in [0.3, 0.4) is 0 Å². The monoisotopic (exact) mass is 1130 g/mol. The summed E-state index contributed by atoms with van der Waals surface area (Å²) in [6, 6.07) is 112. The standard InChI is InChI=1S/C82H56N2S2/c1-53-51-59(43-49-75(53)83(61-45-39-57(40-46-61)65-29-15-21-55-19-3-5-23-63(55)65)77-35-11-7-25-67(77)71-31-17-33-73-69-27-9-13-37-79(69)85-81(71)73)60-44-50-76(54(2)52-60)84(62-47-41-58(42-48-62)66-30-16-22-56-20-4-6-24-64(56)66)78-36-12-8-26-68(78)72-32-18-34-74-70-28-10-14-38-80(70)86-82(72)74/h3-52H,1-2H3. The third-order valence-corrected chi connectivity index (χ3v) is 19.8. The third kappa shape index (κ3) is 8.84. The fraction of sp³-hybridized carbons (Fsp3) is 0.0244. The van der Waals surface area contributed by atoms with E-state index in [1.807, 2.05) is 22.7 Å². The van der Waals surface area contributed by atoms with Gasteiger partial charge in [0.1, 0.15) is 0 Å². The van der Waals surface area contributed by atoms with E-state index in [1.165, 1.54) is 129 Å². The van der Waals surface area contributed by atoms with E-state index in [1.54, 1.807) is 0 Å². The predicted octanol–water partition coefficient (Wildman–Crippen LogP) is 24.6. The smallest absolute Gasteiger partial charge is 0.0540 e. The summed E-state index contributed by atoms with van der Waals surface area (Å²) in [6.07, 6.45) is 0. The van der Waals surface area contributed by atoms with Gasteiger partial charge in [-0.25, -0.2) is 0 Å². The van der Waals surface area contributed by atoms with Crippen molar-refractivity contribution < 1.29 is 0 Å². The van der Waals surface area contributed by atoms with Crippen LogP contribution >= 0.6 is 22.7 Å².